The average molecular weight is 598 g/mol. The molecule has 0 aliphatic heterocycles. The Morgan fingerprint density at radius 1 is 1.23 bits per heavy atom. The normalized spacial score (nSPS) is 15.6. The lowest BCUT2D eigenvalue weighted by Gasteiger charge is -2.25. The molecule has 7 N–H and O–H groups in total. The number of thioether (sulfide) groups is 1. The molecular weight excluding hydrogens is 559 g/mol. The Bertz CT molecular complexity index is 1180. The maximum Gasteiger partial charge on any atom is 0.230 e. The van der Waals surface area contributed by atoms with E-state index in [4.69, 9.17) is 21.6 Å². The second-order valence-electron chi connectivity index (χ2n) is 9.98. The number of anilines is 1. The number of hydrogen-bond donors (Lipinski definition) is 5. The largest absolute Gasteiger partial charge is 0.494 e. The van der Waals surface area contributed by atoms with E-state index >= 15 is 0 Å². The number of nitrogens with one attached hydrogen (secondary N) is 3. The molecule has 216 valence electrons. The van der Waals surface area contributed by atoms with E-state index in [0.29, 0.717) is 16.7 Å². The highest BCUT2D eigenvalue weighted by atomic mass is 32.2. The van der Waals surface area contributed by atoms with E-state index in [0.717, 1.165) is 47.4 Å². The number of amidine groups is 1. The van der Waals surface area contributed by atoms with Crippen molar-refractivity contribution in [3.05, 3.63) is 34.8 Å². The Morgan fingerprint density at radius 2 is 1.95 bits per heavy atom. The smallest absolute Gasteiger partial charge is 0.230 e. The number of rotatable bonds is 16. The zero-order valence-electron chi connectivity index (χ0n) is 22.3. The summed E-state index contributed by atoms with van der Waals surface area (Å²) in [6, 6.07) is 7.46. The number of carbonyl (C=O) groups excluding carboxylic acids is 1. The molecule has 3 rings (SSSR count). The van der Waals surface area contributed by atoms with Crippen molar-refractivity contribution >= 4 is 49.1 Å². The van der Waals surface area contributed by atoms with E-state index in [9.17, 15) is 13.2 Å². The van der Waals surface area contributed by atoms with Crippen molar-refractivity contribution in [3.63, 3.8) is 0 Å². The molecule has 0 bridgehead atoms. The van der Waals surface area contributed by atoms with Gasteiger partial charge in [-0.3, -0.25) is 10.2 Å². The maximum atomic E-state index is 12.5. The van der Waals surface area contributed by atoms with Gasteiger partial charge in [0.2, 0.25) is 11.0 Å². The number of aryl methyl sites for hydroxylation is 1. The maximum absolute atomic E-state index is 12.5. The SMILES string of the molecule is CC1(NCCCOc2ccc(CC(=O)Nc3nnc(CCS(=O)(=O)CCC(N)SC(=N)N)s3)cc2)CCCC1. The van der Waals surface area contributed by atoms with Crippen molar-refractivity contribution in [2.24, 2.45) is 11.5 Å². The Balaban J connectivity index is 1.34. The quantitative estimate of drug-likeness (QED) is 0.0833. The zero-order valence-corrected chi connectivity index (χ0v) is 24.7. The monoisotopic (exact) mass is 597 g/mol. The first-order chi connectivity index (χ1) is 18.5. The molecular formula is C25H39N7O4S3. The van der Waals surface area contributed by atoms with Gasteiger partial charge in [-0.1, -0.05) is 48.1 Å². The molecule has 39 heavy (non-hydrogen) atoms. The summed E-state index contributed by atoms with van der Waals surface area (Å²) >= 11 is 2.08. The minimum absolute atomic E-state index is 0.0998. The van der Waals surface area contributed by atoms with Gasteiger partial charge in [0.25, 0.3) is 0 Å². The van der Waals surface area contributed by atoms with E-state index in [2.05, 4.69) is 27.8 Å². The topological polar surface area (TPSA) is 186 Å². The molecule has 1 amide bonds. The molecule has 1 aromatic heterocycles. The molecule has 0 radical (unpaired) electrons. The fraction of sp³-hybridized carbons (Fsp3) is 0.600. The summed E-state index contributed by atoms with van der Waals surface area (Å²) in [6.45, 7) is 3.87. The second kappa shape index (κ2) is 14.9. The standard InChI is InChI=1S/C25H39N7O4S3/c1-25(11-2-3-12-25)29-13-4-14-36-19-7-5-18(6-8-19)17-21(33)30-24-32-31-22(38-24)10-16-39(34,35)15-9-20(26)37-23(27)28/h5-8,20,29H,2-4,9-17,26H2,1H3,(H3,27,28)(H,30,32,33). The van der Waals surface area contributed by atoms with Gasteiger partial charge in [-0.25, -0.2) is 8.42 Å². The van der Waals surface area contributed by atoms with Crippen LogP contribution < -0.4 is 26.8 Å². The Morgan fingerprint density at radius 3 is 2.64 bits per heavy atom. The van der Waals surface area contributed by atoms with E-state index < -0.39 is 15.2 Å². The summed E-state index contributed by atoms with van der Waals surface area (Å²) in [5.41, 5.74) is 12.1. The molecule has 1 aliphatic carbocycles. The van der Waals surface area contributed by atoms with Gasteiger partial charge in [0.05, 0.1) is 29.9 Å². The van der Waals surface area contributed by atoms with Crippen molar-refractivity contribution in [1.29, 1.82) is 5.41 Å². The van der Waals surface area contributed by atoms with E-state index in [1.807, 2.05) is 24.3 Å². The first-order valence-electron chi connectivity index (χ1n) is 13.1. The molecule has 0 spiro atoms. The number of sulfone groups is 1. The Hall–Kier alpha value is -2.26. The van der Waals surface area contributed by atoms with Crippen LogP contribution in [0.1, 0.15) is 56.0 Å². The Labute approximate surface area is 238 Å². The minimum atomic E-state index is -3.35. The molecule has 11 nitrogen and oxygen atoms in total. The summed E-state index contributed by atoms with van der Waals surface area (Å²) in [7, 11) is -3.35. The molecule has 14 heteroatoms. The number of hydrogen-bond acceptors (Lipinski definition) is 11. The molecule has 1 saturated carbocycles. The third kappa shape index (κ3) is 11.8. The van der Waals surface area contributed by atoms with Crippen molar-refractivity contribution in [2.45, 2.75) is 69.2 Å². The fourth-order valence-corrected chi connectivity index (χ4v) is 7.22. The number of amides is 1. The van der Waals surface area contributed by atoms with Gasteiger partial charge in [-0.05, 0) is 56.8 Å². The average Bonchev–Trinajstić information content (AvgIpc) is 3.51. The fourth-order valence-electron chi connectivity index (χ4n) is 4.30. The van der Waals surface area contributed by atoms with Gasteiger partial charge in [0.15, 0.2) is 15.0 Å². The van der Waals surface area contributed by atoms with Crippen LogP contribution in [0.4, 0.5) is 5.13 Å². The van der Waals surface area contributed by atoms with Crippen LogP contribution in [0.25, 0.3) is 0 Å². The number of carbonyl (C=O) groups is 1. The van der Waals surface area contributed by atoms with Crippen LogP contribution in [-0.2, 0) is 27.5 Å². The van der Waals surface area contributed by atoms with Crippen molar-refractivity contribution in [1.82, 2.24) is 15.5 Å². The van der Waals surface area contributed by atoms with Crippen LogP contribution in [0.3, 0.4) is 0 Å². The molecule has 1 aromatic carbocycles. The lowest BCUT2D eigenvalue weighted by Crippen LogP contribution is -2.40. The predicted octanol–water partition coefficient (Wildman–Crippen LogP) is 2.67. The first-order valence-corrected chi connectivity index (χ1v) is 16.6. The number of nitrogens with zero attached hydrogens (tertiary/aromatic N) is 2. The number of benzene rings is 1. The van der Waals surface area contributed by atoms with Gasteiger partial charge in [0.1, 0.15) is 10.8 Å². The summed E-state index contributed by atoms with van der Waals surface area (Å²) in [5.74, 6) is 0.339. The summed E-state index contributed by atoms with van der Waals surface area (Å²) in [5, 5.41) is 21.7. The summed E-state index contributed by atoms with van der Waals surface area (Å²) in [6.07, 6.45) is 6.60. The highest BCUT2D eigenvalue weighted by Crippen LogP contribution is 2.28. The molecule has 1 fully saturated rings. The van der Waals surface area contributed by atoms with Crippen molar-refractivity contribution < 1.29 is 17.9 Å². The molecule has 1 heterocycles. The summed E-state index contributed by atoms with van der Waals surface area (Å²) in [4.78, 5) is 12.5. The number of aromatic nitrogens is 2. The van der Waals surface area contributed by atoms with Crippen molar-refractivity contribution in [3.8, 4) is 5.75 Å². The predicted molar refractivity (Wildman–Crippen MR) is 158 cm³/mol. The highest BCUT2D eigenvalue weighted by Gasteiger charge is 2.27. The van der Waals surface area contributed by atoms with Gasteiger partial charge in [-0.2, -0.15) is 0 Å². The third-order valence-electron chi connectivity index (χ3n) is 6.47. The zero-order chi connectivity index (χ0) is 28.3. The second-order valence-corrected chi connectivity index (χ2v) is 14.6. The molecule has 1 atom stereocenters. The number of nitrogens with two attached hydrogens (primary N) is 2. The first kappa shape index (κ1) is 31.3. The molecule has 2 aromatic rings. The lowest BCUT2D eigenvalue weighted by molar-refractivity contribution is -0.115. The summed E-state index contributed by atoms with van der Waals surface area (Å²) < 4.78 is 30.4. The van der Waals surface area contributed by atoms with Crippen LogP contribution in [0.15, 0.2) is 24.3 Å². The minimum Gasteiger partial charge on any atom is -0.494 e. The molecule has 1 unspecified atom stereocenters. The Kier molecular flexibility index (Phi) is 12.0. The van der Waals surface area contributed by atoms with E-state index in [-0.39, 0.29) is 47.4 Å². The molecule has 1 aliphatic rings. The third-order valence-corrected chi connectivity index (χ3v) is 9.84. The van der Waals surface area contributed by atoms with Crippen LogP contribution in [0.5, 0.6) is 5.75 Å². The van der Waals surface area contributed by atoms with Gasteiger partial charge in [-0.15, -0.1) is 10.2 Å². The van der Waals surface area contributed by atoms with Crippen LogP contribution in [0.2, 0.25) is 0 Å². The highest BCUT2D eigenvalue weighted by molar-refractivity contribution is 8.14. The van der Waals surface area contributed by atoms with Gasteiger partial charge < -0.3 is 26.8 Å². The lowest BCUT2D eigenvalue weighted by atomic mass is 10.0. The van der Waals surface area contributed by atoms with Gasteiger partial charge >= 0.3 is 0 Å². The van der Waals surface area contributed by atoms with Crippen molar-refractivity contribution in [2.75, 3.05) is 30.0 Å². The van der Waals surface area contributed by atoms with Gasteiger partial charge in [0, 0.05) is 12.0 Å². The van der Waals surface area contributed by atoms with E-state index in [1.165, 1.54) is 25.7 Å². The van der Waals surface area contributed by atoms with Crippen LogP contribution in [-0.4, -0.2) is 65.3 Å². The van der Waals surface area contributed by atoms with Crippen LogP contribution >= 0.6 is 23.1 Å². The van der Waals surface area contributed by atoms with Crippen LogP contribution in [0, 0.1) is 5.41 Å². The molecule has 0 saturated heterocycles. The van der Waals surface area contributed by atoms with E-state index in [1.54, 1.807) is 0 Å². The number of ether oxygens (including phenoxy) is 1.